The number of aromatic hydroxyl groups is 1. The van der Waals surface area contributed by atoms with Gasteiger partial charge in [0.1, 0.15) is 5.75 Å². The topological polar surface area (TPSA) is 46.5 Å². The van der Waals surface area contributed by atoms with Crippen molar-refractivity contribution < 1.29 is 14.6 Å². The van der Waals surface area contributed by atoms with E-state index in [1.165, 1.54) is 7.11 Å². The van der Waals surface area contributed by atoms with Crippen molar-refractivity contribution in [3.8, 4) is 5.75 Å². The maximum atomic E-state index is 11.4. The van der Waals surface area contributed by atoms with Crippen molar-refractivity contribution in [2.45, 2.75) is 32.1 Å². The molecule has 3 atom stereocenters. The van der Waals surface area contributed by atoms with Crippen molar-refractivity contribution in [2.75, 3.05) is 7.11 Å². The number of hydrogen-bond donors (Lipinski definition) is 1. The van der Waals surface area contributed by atoms with E-state index in [0.717, 1.165) is 24.8 Å². The fourth-order valence-corrected chi connectivity index (χ4v) is 2.63. The highest BCUT2D eigenvalue weighted by atomic mass is 16.5. The van der Waals surface area contributed by atoms with Gasteiger partial charge in [-0.2, -0.15) is 0 Å². The molecule has 0 aliphatic heterocycles. The highest BCUT2D eigenvalue weighted by Crippen LogP contribution is 2.46. The molecule has 2 rings (SSSR count). The average molecular weight is 248 g/mol. The summed E-state index contributed by atoms with van der Waals surface area (Å²) in [4.78, 5) is 11.4. The van der Waals surface area contributed by atoms with E-state index >= 15 is 0 Å². The Labute approximate surface area is 108 Å². The number of phenols is 1. The first kappa shape index (κ1) is 12.9. The van der Waals surface area contributed by atoms with E-state index in [1.807, 2.05) is 18.2 Å². The number of benzene rings is 1. The van der Waals surface area contributed by atoms with Crippen LogP contribution in [-0.4, -0.2) is 18.2 Å². The molecular weight excluding hydrogens is 228 g/mol. The fraction of sp³-hybridized carbons (Fsp3) is 0.533. The molecule has 1 fully saturated rings. The highest BCUT2D eigenvalue weighted by molar-refractivity contribution is 5.75. The van der Waals surface area contributed by atoms with Crippen LogP contribution in [-0.2, 0) is 9.53 Å². The quantitative estimate of drug-likeness (QED) is 0.814. The van der Waals surface area contributed by atoms with Gasteiger partial charge in [-0.3, -0.25) is 4.79 Å². The molecule has 1 aliphatic rings. The van der Waals surface area contributed by atoms with Gasteiger partial charge in [0.15, 0.2) is 0 Å². The van der Waals surface area contributed by atoms with Gasteiger partial charge >= 0.3 is 5.97 Å². The SMILES string of the molecule is CCC(CC1CC1C(=O)OC)c1cccc(O)c1. The summed E-state index contributed by atoms with van der Waals surface area (Å²) in [6, 6.07) is 7.43. The smallest absolute Gasteiger partial charge is 0.308 e. The second-order valence-electron chi connectivity index (χ2n) is 5.06. The van der Waals surface area contributed by atoms with E-state index in [0.29, 0.717) is 17.6 Å². The summed E-state index contributed by atoms with van der Waals surface area (Å²) in [5.41, 5.74) is 1.16. The molecule has 1 saturated carbocycles. The molecule has 1 aliphatic carbocycles. The number of carbonyl (C=O) groups is 1. The van der Waals surface area contributed by atoms with Crippen LogP contribution in [0.5, 0.6) is 5.75 Å². The van der Waals surface area contributed by atoms with Crippen LogP contribution >= 0.6 is 0 Å². The Bertz CT molecular complexity index is 428. The van der Waals surface area contributed by atoms with Gasteiger partial charge in [-0.25, -0.2) is 0 Å². The molecule has 0 aromatic heterocycles. The molecule has 0 heterocycles. The fourth-order valence-electron chi connectivity index (χ4n) is 2.63. The molecule has 18 heavy (non-hydrogen) atoms. The Morgan fingerprint density at radius 3 is 2.94 bits per heavy atom. The number of rotatable bonds is 5. The molecule has 0 saturated heterocycles. The minimum atomic E-state index is -0.0780. The van der Waals surface area contributed by atoms with Gasteiger partial charge in [0.25, 0.3) is 0 Å². The molecule has 0 amide bonds. The number of hydrogen-bond acceptors (Lipinski definition) is 3. The number of esters is 1. The van der Waals surface area contributed by atoms with Crippen molar-refractivity contribution in [2.24, 2.45) is 11.8 Å². The Balaban J connectivity index is 1.97. The van der Waals surface area contributed by atoms with Crippen molar-refractivity contribution in [3.05, 3.63) is 29.8 Å². The van der Waals surface area contributed by atoms with Gasteiger partial charge in [0, 0.05) is 0 Å². The second kappa shape index (κ2) is 5.42. The number of ether oxygens (including phenoxy) is 1. The van der Waals surface area contributed by atoms with Crippen LogP contribution in [0.4, 0.5) is 0 Å². The first-order chi connectivity index (χ1) is 8.65. The van der Waals surface area contributed by atoms with Gasteiger partial charge in [0.05, 0.1) is 13.0 Å². The molecule has 0 bridgehead atoms. The van der Waals surface area contributed by atoms with E-state index in [4.69, 9.17) is 4.74 Å². The van der Waals surface area contributed by atoms with Crippen molar-refractivity contribution >= 4 is 5.97 Å². The summed E-state index contributed by atoms with van der Waals surface area (Å²) in [6.07, 6.45) is 2.97. The number of methoxy groups -OCH3 is 1. The van der Waals surface area contributed by atoms with Crippen LogP contribution in [0.2, 0.25) is 0 Å². The molecule has 1 N–H and O–H groups in total. The van der Waals surface area contributed by atoms with Crippen LogP contribution in [0.25, 0.3) is 0 Å². The second-order valence-corrected chi connectivity index (χ2v) is 5.06. The molecule has 1 aromatic rings. The Morgan fingerprint density at radius 1 is 1.56 bits per heavy atom. The molecule has 0 spiro atoms. The van der Waals surface area contributed by atoms with E-state index in [2.05, 4.69) is 6.92 Å². The molecule has 3 heteroatoms. The van der Waals surface area contributed by atoms with Crippen LogP contribution in [0, 0.1) is 11.8 Å². The molecule has 3 nitrogen and oxygen atoms in total. The van der Waals surface area contributed by atoms with Gasteiger partial charge in [-0.05, 0) is 48.8 Å². The predicted molar refractivity (Wildman–Crippen MR) is 69.4 cm³/mol. The zero-order chi connectivity index (χ0) is 13.1. The lowest BCUT2D eigenvalue weighted by atomic mass is 9.90. The lowest BCUT2D eigenvalue weighted by molar-refractivity contribution is -0.142. The third kappa shape index (κ3) is 2.84. The number of carbonyl (C=O) groups excluding carboxylic acids is 1. The Morgan fingerprint density at radius 2 is 2.33 bits per heavy atom. The van der Waals surface area contributed by atoms with Crippen molar-refractivity contribution in [1.29, 1.82) is 0 Å². The standard InChI is InChI=1S/C15H20O3/c1-3-10(11-5-4-6-13(16)8-11)7-12-9-14(12)15(17)18-2/h4-6,8,10,12,14,16H,3,7,9H2,1-2H3. The third-order valence-corrected chi connectivity index (χ3v) is 3.85. The van der Waals surface area contributed by atoms with Crippen LogP contribution in [0.1, 0.15) is 37.7 Å². The third-order valence-electron chi connectivity index (χ3n) is 3.85. The highest BCUT2D eigenvalue weighted by Gasteiger charge is 2.44. The summed E-state index contributed by atoms with van der Waals surface area (Å²) in [6.45, 7) is 2.14. The van der Waals surface area contributed by atoms with Crippen molar-refractivity contribution in [3.63, 3.8) is 0 Å². The average Bonchev–Trinajstić information content (AvgIpc) is 3.14. The van der Waals surface area contributed by atoms with E-state index in [-0.39, 0.29) is 11.9 Å². The van der Waals surface area contributed by atoms with Gasteiger partial charge < -0.3 is 9.84 Å². The summed E-state index contributed by atoms with van der Waals surface area (Å²) in [7, 11) is 1.45. The molecule has 98 valence electrons. The zero-order valence-electron chi connectivity index (χ0n) is 10.9. The normalized spacial score (nSPS) is 23.4. The van der Waals surface area contributed by atoms with Gasteiger partial charge in [0.2, 0.25) is 0 Å². The monoisotopic (exact) mass is 248 g/mol. The minimum absolute atomic E-state index is 0.0780. The Kier molecular flexibility index (Phi) is 3.90. The summed E-state index contributed by atoms with van der Waals surface area (Å²) in [5.74, 6) is 1.19. The molecular formula is C15H20O3. The largest absolute Gasteiger partial charge is 0.508 e. The summed E-state index contributed by atoms with van der Waals surface area (Å²) >= 11 is 0. The maximum absolute atomic E-state index is 11.4. The van der Waals surface area contributed by atoms with Crippen LogP contribution < -0.4 is 0 Å². The number of phenolic OH excluding ortho intramolecular Hbond substituents is 1. The lowest BCUT2D eigenvalue weighted by Crippen LogP contribution is -2.06. The first-order valence-electron chi connectivity index (χ1n) is 6.52. The summed E-state index contributed by atoms with van der Waals surface area (Å²) < 4.78 is 4.77. The molecule has 1 aromatic carbocycles. The van der Waals surface area contributed by atoms with Crippen LogP contribution in [0.15, 0.2) is 24.3 Å². The maximum Gasteiger partial charge on any atom is 0.308 e. The van der Waals surface area contributed by atoms with E-state index < -0.39 is 0 Å². The minimum Gasteiger partial charge on any atom is -0.508 e. The Hall–Kier alpha value is -1.51. The van der Waals surface area contributed by atoms with Crippen LogP contribution in [0.3, 0.4) is 0 Å². The van der Waals surface area contributed by atoms with Crippen molar-refractivity contribution in [1.82, 2.24) is 0 Å². The molecule has 3 unspecified atom stereocenters. The summed E-state index contributed by atoms with van der Waals surface area (Å²) in [5, 5.41) is 9.51. The molecule has 0 radical (unpaired) electrons. The van der Waals surface area contributed by atoms with Gasteiger partial charge in [-0.15, -0.1) is 0 Å². The van der Waals surface area contributed by atoms with E-state index in [9.17, 15) is 9.90 Å². The zero-order valence-corrected chi connectivity index (χ0v) is 10.9. The lowest BCUT2D eigenvalue weighted by Gasteiger charge is -2.15. The van der Waals surface area contributed by atoms with E-state index in [1.54, 1.807) is 6.07 Å². The predicted octanol–water partition coefficient (Wildman–Crippen LogP) is 3.09. The first-order valence-corrected chi connectivity index (χ1v) is 6.52. The van der Waals surface area contributed by atoms with Gasteiger partial charge in [-0.1, -0.05) is 19.1 Å².